The molecule has 0 N–H and O–H groups in total. The third-order valence-corrected chi connectivity index (χ3v) is 7.73. The highest BCUT2D eigenvalue weighted by Crippen LogP contribution is 2.44. The fourth-order valence-electron chi connectivity index (χ4n) is 4.85. The van der Waals surface area contributed by atoms with Gasteiger partial charge in [0, 0.05) is 10.2 Å². The molecule has 0 atom stereocenters. The molecule has 0 aliphatic heterocycles. The second kappa shape index (κ2) is 7.29. The van der Waals surface area contributed by atoms with E-state index in [0.29, 0.717) is 5.92 Å². The first-order valence-corrected chi connectivity index (χ1v) is 10.8. The number of aryl methyl sites for hydroxylation is 1. The normalized spacial score (nSPS) is 33.0. The van der Waals surface area contributed by atoms with Crippen LogP contribution in [0, 0.1) is 30.5 Å². The lowest BCUT2D eigenvalue weighted by molar-refractivity contribution is 0.165. The maximum absolute atomic E-state index is 13.8. The number of halogens is 1. The SMILES string of the molecule is Cc1ccc(C2CCC(C3CCC(C[SiH3])CC3)CC2)cc1F. The Morgan fingerprint density at radius 2 is 1.55 bits per heavy atom. The molecule has 0 aromatic heterocycles. The van der Waals surface area contributed by atoms with E-state index >= 15 is 0 Å². The maximum atomic E-state index is 13.8. The summed E-state index contributed by atoms with van der Waals surface area (Å²) in [5.74, 6) is 3.60. The average molecular weight is 319 g/mol. The van der Waals surface area contributed by atoms with Crippen molar-refractivity contribution in [2.24, 2.45) is 17.8 Å². The van der Waals surface area contributed by atoms with Crippen LogP contribution in [-0.2, 0) is 0 Å². The zero-order valence-corrected chi connectivity index (χ0v) is 16.3. The van der Waals surface area contributed by atoms with Crippen LogP contribution in [0.5, 0.6) is 0 Å². The summed E-state index contributed by atoms with van der Waals surface area (Å²) in [6.07, 6.45) is 11.3. The van der Waals surface area contributed by atoms with Gasteiger partial charge in [-0.05, 0) is 86.3 Å². The van der Waals surface area contributed by atoms with Gasteiger partial charge in [-0.15, -0.1) is 0 Å². The van der Waals surface area contributed by atoms with E-state index in [0.717, 1.165) is 23.3 Å². The Balaban J connectivity index is 1.53. The average Bonchev–Trinajstić information content (AvgIpc) is 2.58. The van der Waals surface area contributed by atoms with Crippen LogP contribution in [-0.4, -0.2) is 10.2 Å². The van der Waals surface area contributed by atoms with Crippen molar-refractivity contribution >= 4 is 10.2 Å². The van der Waals surface area contributed by atoms with Gasteiger partial charge in [0.2, 0.25) is 0 Å². The highest BCUT2D eigenvalue weighted by molar-refractivity contribution is 6.08. The molecule has 2 fully saturated rings. The van der Waals surface area contributed by atoms with Crippen molar-refractivity contribution in [3.8, 4) is 0 Å². The summed E-state index contributed by atoms with van der Waals surface area (Å²) in [7, 11) is 1.38. The molecular formula is C20H31FSi. The third kappa shape index (κ3) is 3.64. The molecule has 2 saturated carbocycles. The highest BCUT2D eigenvalue weighted by atomic mass is 28.1. The number of rotatable bonds is 3. The lowest BCUT2D eigenvalue weighted by Gasteiger charge is -2.38. The number of hydrogen-bond donors (Lipinski definition) is 0. The van der Waals surface area contributed by atoms with E-state index in [2.05, 4.69) is 6.07 Å². The van der Waals surface area contributed by atoms with Gasteiger partial charge in [-0.25, -0.2) is 4.39 Å². The molecule has 0 nitrogen and oxygen atoms in total. The minimum atomic E-state index is -0.0268. The Labute approximate surface area is 138 Å². The first-order chi connectivity index (χ1) is 10.7. The van der Waals surface area contributed by atoms with Crippen LogP contribution >= 0.6 is 0 Å². The molecule has 3 rings (SSSR count). The summed E-state index contributed by atoms with van der Waals surface area (Å²) in [5, 5.41) is 0. The second-order valence-electron chi connectivity index (χ2n) is 7.81. The van der Waals surface area contributed by atoms with E-state index in [1.54, 1.807) is 6.07 Å². The zero-order chi connectivity index (χ0) is 15.5. The molecule has 0 saturated heterocycles. The molecule has 0 radical (unpaired) electrons. The predicted molar refractivity (Wildman–Crippen MR) is 96.0 cm³/mol. The molecule has 1 aromatic rings. The minimum absolute atomic E-state index is 0.0268. The summed E-state index contributed by atoms with van der Waals surface area (Å²) < 4.78 is 13.8. The van der Waals surface area contributed by atoms with Crippen LogP contribution in [0.1, 0.15) is 68.4 Å². The molecule has 2 aliphatic rings. The Bertz CT molecular complexity index is 482. The molecular weight excluding hydrogens is 287 g/mol. The van der Waals surface area contributed by atoms with Gasteiger partial charge >= 0.3 is 0 Å². The smallest absolute Gasteiger partial charge is 0.126 e. The fraction of sp³-hybridized carbons (Fsp3) is 0.700. The molecule has 22 heavy (non-hydrogen) atoms. The maximum Gasteiger partial charge on any atom is 0.126 e. The van der Waals surface area contributed by atoms with Gasteiger partial charge in [0.15, 0.2) is 0 Å². The fourth-order valence-corrected chi connectivity index (χ4v) is 5.67. The number of benzene rings is 1. The Morgan fingerprint density at radius 3 is 2.09 bits per heavy atom. The minimum Gasteiger partial charge on any atom is -0.207 e. The van der Waals surface area contributed by atoms with E-state index in [1.807, 2.05) is 13.0 Å². The van der Waals surface area contributed by atoms with Gasteiger partial charge in [0.1, 0.15) is 5.82 Å². The van der Waals surface area contributed by atoms with E-state index < -0.39 is 0 Å². The molecule has 0 bridgehead atoms. The largest absolute Gasteiger partial charge is 0.207 e. The van der Waals surface area contributed by atoms with E-state index in [1.165, 1.54) is 73.2 Å². The van der Waals surface area contributed by atoms with Gasteiger partial charge in [-0.3, -0.25) is 0 Å². The van der Waals surface area contributed by atoms with Gasteiger partial charge in [-0.2, -0.15) is 0 Å². The number of hydrogen-bond acceptors (Lipinski definition) is 0. The van der Waals surface area contributed by atoms with Crippen LogP contribution < -0.4 is 0 Å². The quantitative estimate of drug-likeness (QED) is 0.688. The van der Waals surface area contributed by atoms with E-state index in [-0.39, 0.29) is 5.82 Å². The monoisotopic (exact) mass is 318 g/mol. The lowest BCUT2D eigenvalue weighted by Crippen LogP contribution is -2.25. The van der Waals surface area contributed by atoms with Crippen molar-refractivity contribution in [3.05, 3.63) is 35.1 Å². The summed E-state index contributed by atoms with van der Waals surface area (Å²) >= 11 is 0. The molecule has 2 heteroatoms. The van der Waals surface area contributed by atoms with Crippen molar-refractivity contribution in [2.45, 2.75) is 70.3 Å². The Kier molecular flexibility index (Phi) is 5.38. The first-order valence-electron chi connectivity index (χ1n) is 9.43. The lowest BCUT2D eigenvalue weighted by atomic mass is 9.68. The van der Waals surface area contributed by atoms with Crippen LogP contribution in [0.25, 0.3) is 0 Å². The van der Waals surface area contributed by atoms with Gasteiger partial charge in [-0.1, -0.05) is 31.0 Å². The summed E-state index contributed by atoms with van der Waals surface area (Å²) in [4.78, 5) is 0. The Hall–Kier alpha value is -0.633. The van der Waals surface area contributed by atoms with Crippen molar-refractivity contribution < 1.29 is 4.39 Å². The van der Waals surface area contributed by atoms with E-state index in [4.69, 9.17) is 0 Å². The molecule has 1 aromatic carbocycles. The molecule has 122 valence electrons. The van der Waals surface area contributed by atoms with Crippen molar-refractivity contribution in [3.63, 3.8) is 0 Å². The third-order valence-electron chi connectivity index (χ3n) is 6.57. The topological polar surface area (TPSA) is 0 Å². The summed E-state index contributed by atoms with van der Waals surface area (Å²) in [6.45, 7) is 1.85. The molecule has 0 spiro atoms. The van der Waals surface area contributed by atoms with Crippen LogP contribution in [0.2, 0.25) is 6.04 Å². The van der Waals surface area contributed by atoms with Crippen molar-refractivity contribution in [1.82, 2.24) is 0 Å². The van der Waals surface area contributed by atoms with Crippen LogP contribution in [0.15, 0.2) is 18.2 Å². The van der Waals surface area contributed by atoms with Gasteiger partial charge < -0.3 is 0 Å². The van der Waals surface area contributed by atoms with Crippen molar-refractivity contribution in [1.29, 1.82) is 0 Å². The van der Waals surface area contributed by atoms with E-state index in [9.17, 15) is 4.39 Å². The second-order valence-corrected chi connectivity index (χ2v) is 8.63. The summed E-state index contributed by atoms with van der Waals surface area (Å²) in [6, 6.07) is 7.40. The molecule has 0 heterocycles. The highest BCUT2D eigenvalue weighted by Gasteiger charge is 2.30. The standard InChI is InChI=1S/C20H31FSi/c1-14-2-5-19(12-20(14)21)18-10-8-17(9-11-18)16-6-3-15(13-22)4-7-16/h2,5,12,15-18H,3-4,6-11,13H2,1,22H3. The Morgan fingerprint density at radius 1 is 0.955 bits per heavy atom. The molecule has 0 amide bonds. The van der Waals surface area contributed by atoms with Gasteiger partial charge in [0.25, 0.3) is 0 Å². The first kappa shape index (κ1) is 16.2. The zero-order valence-electron chi connectivity index (χ0n) is 14.3. The van der Waals surface area contributed by atoms with Crippen molar-refractivity contribution in [2.75, 3.05) is 0 Å². The van der Waals surface area contributed by atoms with Crippen LogP contribution in [0.4, 0.5) is 4.39 Å². The van der Waals surface area contributed by atoms with Crippen LogP contribution in [0.3, 0.4) is 0 Å². The molecule has 0 unspecified atom stereocenters. The molecule has 2 aliphatic carbocycles. The summed E-state index contributed by atoms with van der Waals surface area (Å²) in [5.41, 5.74) is 2.01. The van der Waals surface area contributed by atoms with Gasteiger partial charge in [0.05, 0.1) is 0 Å². The predicted octanol–water partition coefficient (Wildman–Crippen LogP) is 5.00.